The summed E-state index contributed by atoms with van der Waals surface area (Å²) in [5, 5.41) is 13.5. The normalized spacial score (nSPS) is 11.3. The predicted molar refractivity (Wildman–Crippen MR) is 105 cm³/mol. The molecule has 0 bridgehead atoms. The summed E-state index contributed by atoms with van der Waals surface area (Å²) in [4.78, 5) is 4.41. The van der Waals surface area contributed by atoms with Crippen LogP contribution >= 0.6 is 0 Å². The molecule has 4 rings (SSSR count). The summed E-state index contributed by atoms with van der Waals surface area (Å²) in [7, 11) is -3.77. The lowest BCUT2D eigenvalue weighted by molar-refractivity contribution is 0.600. The van der Waals surface area contributed by atoms with Crippen LogP contribution in [0.2, 0.25) is 0 Å². The van der Waals surface area contributed by atoms with E-state index in [0.717, 1.165) is 11.1 Å². The Morgan fingerprint density at radius 3 is 2.61 bits per heavy atom. The first-order valence-corrected chi connectivity index (χ1v) is 9.89. The van der Waals surface area contributed by atoms with Crippen molar-refractivity contribution in [2.75, 3.05) is 4.72 Å². The molecule has 0 saturated heterocycles. The van der Waals surface area contributed by atoms with Crippen molar-refractivity contribution in [3.05, 3.63) is 78.0 Å². The van der Waals surface area contributed by atoms with Gasteiger partial charge in [0, 0.05) is 17.8 Å². The van der Waals surface area contributed by atoms with Gasteiger partial charge >= 0.3 is 0 Å². The fraction of sp³-hybridized carbons (Fsp3) is 0.0500. The molecule has 2 heterocycles. The number of hydrogen-bond donors (Lipinski definition) is 1. The second-order valence-electron chi connectivity index (χ2n) is 6.24. The minimum Gasteiger partial charge on any atom is -0.263 e. The highest BCUT2D eigenvalue weighted by molar-refractivity contribution is 7.92. The molecule has 138 valence electrons. The lowest BCUT2D eigenvalue weighted by Gasteiger charge is -2.09. The van der Waals surface area contributed by atoms with Crippen molar-refractivity contribution in [2.24, 2.45) is 0 Å². The summed E-state index contributed by atoms with van der Waals surface area (Å²) in [6.07, 6.45) is 1.51. The van der Waals surface area contributed by atoms with Crippen molar-refractivity contribution in [3.63, 3.8) is 0 Å². The molecule has 7 nitrogen and oxygen atoms in total. The molecule has 0 unspecified atom stereocenters. The quantitative estimate of drug-likeness (QED) is 0.577. The van der Waals surface area contributed by atoms with Crippen molar-refractivity contribution in [1.29, 1.82) is 5.26 Å². The van der Waals surface area contributed by atoms with Crippen LogP contribution in [0.3, 0.4) is 0 Å². The van der Waals surface area contributed by atoms with E-state index in [-0.39, 0.29) is 10.7 Å². The Labute approximate surface area is 162 Å². The van der Waals surface area contributed by atoms with Crippen molar-refractivity contribution >= 4 is 21.5 Å². The summed E-state index contributed by atoms with van der Waals surface area (Å²) in [6, 6.07) is 19.0. The molecule has 0 fully saturated rings. The maximum absolute atomic E-state index is 12.7. The predicted octanol–water partition coefficient (Wildman–Crippen LogP) is 3.38. The van der Waals surface area contributed by atoms with Gasteiger partial charge in [-0.05, 0) is 37.3 Å². The van der Waals surface area contributed by atoms with E-state index < -0.39 is 10.0 Å². The van der Waals surface area contributed by atoms with Crippen LogP contribution in [0.5, 0.6) is 0 Å². The van der Waals surface area contributed by atoms with E-state index in [1.165, 1.54) is 10.7 Å². The third-order valence-corrected chi connectivity index (χ3v) is 5.59. The van der Waals surface area contributed by atoms with Gasteiger partial charge in [-0.25, -0.2) is 13.4 Å². The zero-order valence-corrected chi connectivity index (χ0v) is 15.7. The van der Waals surface area contributed by atoms with E-state index in [1.807, 2.05) is 13.0 Å². The molecule has 0 amide bonds. The Bertz CT molecular complexity index is 1320. The largest absolute Gasteiger partial charge is 0.263 e. The smallest absolute Gasteiger partial charge is 0.263 e. The number of sulfonamides is 1. The molecule has 2 aromatic carbocycles. The Morgan fingerprint density at radius 1 is 1.07 bits per heavy atom. The monoisotopic (exact) mass is 389 g/mol. The van der Waals surface area contributed by atoms with Crippen LogP contribution in [0.15, 0.2) is 71.8 Å². The number of nitrogens with zero attached hydrogens (tertiary/aromatic N) is 4. The van der Waals surface area contributed by atoms with E-state index in [9.17, 15) is 8.42 Å². The molecule has 2 aromatic heterocycles. The first-order valence-electron chi connectivity index (χ1n) is 8.41. The van der Waals surface area contributed by atoms with Gasteiger partial charge in [0.05, 0.1) is 22.2 Å². The molecule has 0 aliphatic heterocycles. The van der Waals surface area contributed by atoms with Gasteiger partial charge in [-0.2, -0.15) is 14.9 Å². The summed E-state index contributed by atoms with van der Waals surface area (Å²) in [5.74, 6) is 0.272. The topological polar surface area (TPSA) is 100 Å². The highest BCUT2D eigenvalue weighted by Gasteiger charge is 2.17. The maximum atomic E-state index is 12.7. The molecular weight excluding hydrogens is 374 g/mol. The van der Waals surface area contributed by atoms with Crippen molar-refractivity contribution in [2.45, 2.75) is 11.8 Å². The molecular formula is C20H15N5O2S. The van der Waals surface area contributed by atoms with E-state index in [1.54, 1.807) is 54.6 Å². The van der Waals surface area contributed by atoms with Crippen LogP contribution in [-0.2, 0) is 10.0 Å². The average Bonchev–Trinajstić information content (AvgIpc) is 3.14. The molecule has 1 N–H and O–H groups in total. The number of hydrogen-bond acceptors (Lipinski definition) is 5. The molecule has 0 aliphatic rings. The Balaban J connectivity index is 1.75. The van der Waals surface area contributed by atoms with Crippen LogP contribution in [-0.4, -0.2) is 23.0 Å². The lowest BCUT2D eigenvalue weighted by atomic mass is 10.1. The number of aromatic nitrogens is 3. The number of fused-ring (bicyclic) bond motifs is 1. The molecule has 0 saturated carbocycles. The lowest BCUT2D eigenvalue weighted by Crippen LogP contribution is -2.15. The zero-order chi connectivity index (χ0) is 19.7. The minimum atomic E-state index is -3.77. The standard InChI is InChI=1S/C20H15N5O2S/c1-14-5-7-17(8-6-14)28(26,27)24-19-9-10-22-20-12-18(23-25(19)20)16-4-2-3-15(11-16)13-21/h2-12,24H,1H3. The molecule has 0 spiro atoms. The highest BCUT2D eigenvalue weighted by atomic mass is 32.2. The molecule has 28 heavy (non-hydrogen) atoms. The third-order valence-electron chi connectivity index (χ3n) is 4.22. The molecule has 0 aliphatic carbocycles. The zero-order valence-electron chi connectivity index (χ0n) is 14.9. The number of nitriles is 1. The van der Waals surface area contributed by atoms with Crippen molar-refractivity contribution in [3.8, 4) is 17.3 Å². The summed E-state index contributed by atoms with van der Waals surface area (Å²) in [5.41, 5.74) is 3.31. The van der Waals surface area contributed by atoms with Crippen LogP contribution < -0.4 is 4.72 Å². The van der Waals surface area contributed by atoms with Gasteiger partial charge < -0.3 is 0 Å². The molecule has 8 heteroatoms. The van der Waals surface area contributed by atoms with Crippen LogP contribution in [0.25, 0.3) is 16.9 Å². The second-order valence-corrected chi connectivity index (χ2v) is 7.92. The fourth-order valence-electron chi connectivity index (χ4n) is 2.78. The van der Waals surface area contributed by atoms with Crippen LogP contribution in [0, 0.1) is 18.3 Å². The fourth-order valence-corrected chi connectivity index (χ4v) is 3.82. The molecule has 0 radical (unpaired) electrons. The number of anilines is 1. The highest BCUT2D eigenvalue weighted by Crippen LogP contribution is 2.23. The Hall–Kier alpha value is -3.70. The average molecular weight is 389 g/mol. The van der Waals surface area contributed by atoms with E-state index in [0.29, 0.717) is 16.9 Å². The van der Waals surface area contributed by atoms with Gasteiger partial charge in [-0.1, -0.05) is 29.8 Å². The first kappa shape index (κ1) is 17.7. The first-order chi connectivity index (χ1) is 13.5. The molecule has 0 atom stereocenters. The van der Waals surface area contributed by atoms with Crippen LogP contribution in [0.1, 0.15) is 11.1 Å². The SMILES string of the molecule is Cc1ccc(S(=O)(=O)Nc2ccnc3cc(-c4cccc(C#N)c4)nn23)cc1. The Morgan fingerprint density at radius 2 is 1.86 bits per heavy atom. The minimum absolute atomic E-state index is 0.164. The van der Waals surface area contributed by atoms with Gasteiger partial charge in [0.15, 0.2) is 5.65 Å². The third kappa shape index (κ3) is 3.31. The summed E-state index contributed by atoms with van der Waals surface area (Å²) in [6.45, 7) is 1.89. The van der Waals surface area contributed by atoms with E-state index in [2.05, 4.69) is 20.9 Å². The summed E-state index contributed by atoms with van der Waals surface area (Å²) < 4.78 is 29.4. The Kier molecular flexibility index (Phi) is 4.29. The van der Waals surface area contributed by atoms with Crippen molar-refractivity contribution < 1.29 is 8.42 Å². The van der Waals surface area contributed by atoms with E-state index in [4.69, 9.17) is 5.26 Å². The number of nitrogens with one attached hydrogen (secondary N) is 1. The molecule has 4 aromatic rings. The van der Waals surface area contributed by atoms with Gasteiger partial charge in [-0.15, -0.1) is 0 Å². The van der Waals surface area contributed by atoms with Crippen LogP contribution in [0.4, 0.5) is 5.82 Å². The second kappa shape index (κ2) is 6.79. The maximum Gasteiger partial charge on any atom is 0.263 e. The van der Waals surface area contributed by atoms with Gasteiger partial charge in [-0.3, -0.25) is 4.72 Å². The number of benzene rings is 2. The van der Waals surface area contributed by atoms with Gasteiger partial charge in [0.2, 0.25) is 0 Å². The van der Waals surface area contributed by atoms with Gasteiger partial charge in [0.25, 0.3) is 10.0 Å². The van der Waals surface area contributed by atoms with Crippen molar-refractivity contribution in [1.82, 2.24) is 14.6 Å². The van der Waals surface area contributed by atoms with E-state index >= 15 is 0 Å². The number of aryl methyl sites for hydroxylation is 1. The van der Waals surface area contributed by atoms with Gasteiger partial charge in [0.1, 0.15) is 5.82 Å². The number of rotatable bonds is 4. The summed E-state index contributed by atoms with van der Waals surface area (Å²) >= 11 is 0.